The standard InChI is InChI=1S/C16H19NO2/c1-12-6-7-16(19-2)13(9-12)10-15(18)11-14-5-3-4-8-17-14/h3-9,15,18H,10-11H2,1-2H3. The van der Waals surface area contributed by atoms with Gasteiger partial charge in [0.15, 0.2) is 0 Å². The lowest BCUT2D eigenvalue weighted by atomic mass is 10.0. The Kier molecular flexibility index (Phi) is 4.53. The van der Waals surface area contributed by atoms with Crippen molar-refractivity contribution in [3.8, 4) is 5.75 Å². The molecule has 1 atom stereocenters. The average Bonchev–Trinajstić information content (AvgIpc) is 2.40. The first-order valence-corrected chi connectivity index (χ1v) is 6.40. The number of hydrogen-bond donors (Lipinski definition) is 1. The Hall–Kier alpha value is -1.87. The highest BCUT2D eigenvalue weighted by Gasteiger charge is 2.11. The first-order valence-electron chi connectivity index (χ1n) is 6.40. The molecule has 0 aliphatic heterocycles. The largest absolute Gasteiger partial charge is 0.496 e. The predicted octanol–water partition coefficient (Wildman–Crippen LogP) is 2.54. The van der Waals surface area contributed by atoms with Gasteiger partial charge in [0.05, 0.1) is 13.2 Å². The molecule has 1 N–H and O–H groups in total. The molecule has 19 heavy (non-hydrogen) atoms. The molecule has 3 heteroatoms. The van der Waals surface area contributed by atoms with E-state index in [9.17, 15) is 5.11 Å². The lowest BCUT2D eigenvalue weighted by Crippen LogP contribution is -2.15. The van der Waals surface area contributed by atoms with Crippen LogP contribution in [-0.4, -0.2) is 23.3 Å². The van der Waals surface area contributed by atoms with Gasteiger partial charge < -0.3 is 9.84 Å². The summed E-state index contributed by atoms with van der Waals surface area (Å²) < 4.78 is 5.32. The van der Waals surface area contributed by atoms with Gasteiger partial charge >= 0.3 is 0 Å². The second kappa shape index (κ2) is 6.34. The van der Waals surface area contributed by atoms with Gasteiger partial charge in [-0.3, -0.25) is 4.98 Å². The van der Waals surface area contributed by atoms with E-state index in [4.69, 9.17) is 4.74 Å². The summed E-state index contributed by atoms with van der Waals surface area (Å²) in [6.07, 6.45) is 2.42. The van der Waals surface area contributed by atoms with E-state index in [2.05, 4.69) is 11.1 Å². The average molecular weight is 257 g/mol. The Morgan fingerprint density at radius 1 is 1.21 bits per heavy atom. The highest BCUT2D eigenvalue weighted by Crippen LogP contribution is 2.21. The second-order valence-electron chi connectivity index (χ2n) is 4.70. The summed E-state index contributed by atoms with van der Waals surface area (Å²) in [5.41, 5.74) is 3.10. The van der Waals surface area contributed by atoms with Gasteiger partial charge in [-0.2, -0.15) is 0 Å². The number of hydrogen-bond acceptors (Lipinski definition) is 3. The zero-order valence-electron chi connectivity index (χ0n) is 11.3. The van der Waals surface area contributed by atoms with Crippen LogP contribution < -0.4 is 4.74 Å². The molecular weight excluding hydrogens is 238 g/mol. The first-order chi connectivity index (χ1) is 9.19. The number of aliphatic hydroxyl groups is 1. The Morgan fingerprint density at radius 3 is 2.74 bits per heavy atom. The zero-order chi connectivity index (χ0) is 13.7. The number of rotatable bonds is 5. The number of aromatic nitrogens is 1. The van der Waals surface area contributed by atoms with Crippen molar-refractivity contribution >= 4 is 0 Å². The normalized spacial score (nSPS) is 12.2. The third-order valence-electron chi connectivity index (χ3n) is 3.06. The van der Waals surface area contributed by atoms with Crippen molar-refractivity contribution in [2.75, 3.05) is 7.11 Å². The highest BCUT2D eigenvalue weighted by atomic mass is 16.5. The number of nitrogens with zero attached hydrogens (tertiary/aromatic N) is 1. The minimum Gasteiger partial charge on any atom is -0.496 e. The van der Waals surface area contributed by atoms with Crippen molar-refractivity contribution < 1.29 is 9.84 Å². The summed E-state index contributed by atoms with van der Waals surface area (Å²) >= 11 is 0. The number of benzene rings is 1. The molecule has 0 fully saturated rings. The molecule has 1 heterocycles. The van der Waals surface area contributed by atoms with Crippen molar-refractivity contribution in [2.24, 2.45) is 0 Å². The fourth-order valence-corrected chi connectivity index (χ4v) is 2.15. The van der Waals surface area contributed by atoms with E-state index in [1.807, 2.05) is 37.3 Å². The first kappa shape index (κ1) is 13.6. The van der Waals surface area contributed by atoms with E-state index >= 15 is 0 Å². The molecular formula is C16H19NO2. The van der Waals surface area contributed by atoms with Crippen LogP contribution in [0.5, 0.6) is 5.75 Å². The number of pyridine rings is 1. The van der Waals surface area contributed by atoms with Gasteiger partial charge in [0, 0.05) is 24.7 Å². The van der Waals surface area contributed by atoms with Gasteiger partial charge in [-0.25, -0.2) is 0 Å². The van der Waals surface area contributed by atoms with Crippen LogP contribution in [0.15, 0.2) is 42.6 Å². The van der Waals surface area contributed by atoms with Crippen molar-refractivity contribution in [1.82, 2.24) is 4.98 Å². The second-order valence-corrected chi connectivity index (χ2v) is 4.70. The van der Waals surface area contributed by atoms with Gasteiger partial charge in [-0.1, -0.05) is 23.8 Å². The molecule has 0 amide bonds. The van der Waals surface area contributed by atoms with Crippen molar-refractivity contribution in [2.45, 2.75) is 25.9 Å². The summed E-state index contributed by atoms with van der Waals surface area (Å²) in [5, 5.41) is 10.2. The van der Waals surface area contributed by atoms with Crippen LogP contribution >= 0.6 is 0 Å². The fraction of sp³-hybridized carbons (Fsp3) is 0.312. The molecule has 1 aromatic heterocycles. The monoisotopic (exact) mass is 257 g/mol. The molecule has 0 aliphatic carbocycles. The van der Waals surface area contributed by atoms with Crippen molar-refractivity contribution in [3.05, 3.63) is 59.4 Å². The molecule has 2 aromatic rings. The van der Waals surface area contributed by atoms with E-state index in [1.165, 1.54) is 5.56 Å². The van der Waals surface area contributed by atoms with Crippen molar-refractivity contribution in [3.63, 3.8) is 0 Å². The Bertz CT molecular complexity index is 526. The predicted molar refractivity (Wildman–Crippen MR) is 75.4 cm³/mol. The van der Waals surface area contributed by atoms with Gasteiger partial charge in [-0.15, -0.1) is 0 Å². The van der Waals surface area contributed by atoms with Crippen LogP contribution in [0.4, 0.5) is 0 Å². The third kappa shape index (κ3) is 3.80. The summed E-state index contributed by atoms with van der Waals surface area (Å²) in [6, 6.07) is 11.7. The van der Waals surface area contributed by atoms with E-state index < -0.39 is 6.10 Å². The number of aliphatic hydroxyl groups excluding tert-OH is 1. The lowest BCUT2D eigenvalue weighted by Gasteiger charge is -2.14. The van der Waals surface area contributed by atoms with E-state index in [-0.39, 0.29) is 0 Å². The van der Waals surface area contributed by atoms with Crippen molar-refractivity contribution in [1.29, 1.82) is 0 Å². The molecule has 0 saturated heterocycles. The van der Waals surface area contributed by atoms with Crippen LogP contribution in [0.25, 0.3) is 0 Å². The summed E-state index contributed by atoms with van der Waals surface area (Å²) in [5.74, 6) is 0.825. The minimum absolute atomic E-state index is 0.453. The number of ether oxygens (including phenoxy) is 1. The zero-order valence-corrected chi connectivity index (χ0v) is 11.3. The van der Waals surface area contributed by atoms with E-state index in [0.717, 1.165) is 17.0 Å². The molecule has 3 nitrogen and oxygen atoms in total. The Morgan fingerprint density at radius 2 is 2.05 bits per heavy atom. The lowest BCUT2D eigenvalue weighted by molar-refractivity contribution is 0.173. The molecule has 2 rings (SSSR count). The van der Waals surface area contributed by atoms with Gasteiger partial charge in [-0.05, 0) is 30.7 Å². The Labute approximate surface area is 113 Å². The topological polar surface area (TPSA) is 42.4 Å². The van der Waals surface area contributed by atoms with E-state index in [1.54, 1.807) is 13.3 Å². The van der Waals surface area contributed by atoms with Crippen LogP contribution in [0.3, 0.4) is 0 Å². The maximum Gasteiger partial charge on any atom is 0.122 e. The van der Waals surface area contributed by atoms with Crippen LogP contribution in [0.2, 0.25) is 0 Å². The van der Waals surface area contributed by atoms with Gasteiger partial charge in [0.25, 0.3) is 0 Å². The third-order valence-corrected chi connectivity index (χ3v) is 3.06. The summed E-state index contributed by atoms with van der Waals surface area (Å²) in [7, 11) is 1.65. The molecule has 0 radical (unpaired) electrons. The number of methoxy groups -OCH3 is 1. The molecule has 1 unspecified atom stereocenters. The summed E-state index contributed by atoms with van der Waals surface area (Å²) in [4.78, 5) is 4.23. The Balaban J connectivity index is 2.06. The fourth-order valence-electron chi connectivity index (χ4n) is 2.15. The molecule has 0 bridgehead atoms. The smallest absolute Gasteiger partial charge is 0.122 e. The number of aryl methyl sites for hydroxylation is 1. The molecule has 1 aromatic carbocycles. The van der Waals surface area contributed by atoms with Crippen LogP contribution in [-0.2, 0) is 12.8 Å². The highest BCUT2D eigenvalue weighted by molar-refractivity contribution is 5.37. The molecule has 0 aliphatic rings. The SMILES string of the molecule is COc1ccc(C)cc1CC(O)Cc1ccccn1. The van der Waals surface area contributed by atoms with Crippen LogP contribution in [0, 0.1) is 6.92 Å². The van der Waals surface area contributed by atoms with Gasteiger partial charge in [0.2, 0.25) is 0 Å². The van der Waals surface area contributed by atoms with Crippen LogP contribution in [0.1, 0.15) is 16.8 Å². The maximum atomic E-state index is 10.2. The minimum atomic E-state index is -0.453. The molecule has 0 spiro atoms. The molecule has 0 saturated carbocycles. The quantitative estimate of drug-likeness (QED) is 0.895. The molecule has 100 valence electrons. The van der Waals surface area contributed by atoms with E-state index in [0.29, 0.717) is 12.8 Å². The summed E-state index contributed by atoms with van der Waals surface area (Å²) in [6.45, 7) is 2.04. The van der Waals surface area contributed by atoms with Gasteiger partial charge in [0.1, 0.15) is 5.75 Å². The maximum absolute atomic E-state index is 10.2.